The molecule has 6 nitrogen and oxygen atoms in total. The number of piperidine rings is 1. The van der Waals surface area contributed by atoms with Crippen LogP contribution in [0.4, 0.5) is 0 Å². The maximum atomic E-state index is 6.08. The van der Waals surface area contributed by atoms with Crippen molar-refractivity contribution in [1.82, 2.24) is 15.2 Å². The normalized spacial score (nSPS) is 26.8. The Morgan fingerprint density at radius 2 is 2.16 bits per heavy atom. The lowest BCUT2D eigenvalue weighted by Crippen LogP contribution is -2.49. The molecule has 5 N–H and O–H groups in total. The van der Waals surface area contributed by atoms with Crippen LogP contribution in [0.1, 0.15) is 19.3 Å². The van der Waals surface area contributed by atoms with Crippen molar-refractivity contribution >= 4 is 0 Å². The summed E-state index contributed by atoms with van der Waals surface area (Å²) in [6, 6.07) is 1.02. The third kappa shape index (κ3) is 4.07. The zero-order valence-electron chi connectivity index (χ0n) is 11.8. The van der Waals surface area contributed by atoms with Crippen LogP contribution >= 0.6 is 0 Å². The molecule has 0 saturated carbocycles. The Bertz CT molecular complexity index is 295. The molecular formula is C13H27N5O. The maximum absolute atomic E-state index is 6.08. The van der Waals surface area contributed by atoms with Crippen molar-refractivity contribution in [2.75, 3.05) is 39.9 Å². The van der Waals surface area contributed by atoms with Crippen molar-refractivity contribution < 1.29 is 4.74 Å². The van der Waals surface area contributed by atoms with Gasteiger partial charge in [0.05, 0.1) is 6.61 Å². The average molecular weight is 269 g/mol. The molecule has 2 aliphatic rings. The fourth-order valence-corrected chi connectivity index (χ4v) is 2.91. The molecule has 0 aromatic rings. The molecule has 110 valence electrons. The number of hydrazine groups is 1. The van der Waals surface area contributed by atoms with Crippen LogP contribution in [-0.2, 0) is 4.74 Å². The van der Waals surface area contributed by atoms with Gasteiger partial charge in [-0.25, -0.2) is 5.84 Å². The van der Waals surface area contributed by atoms with Crippen LogP contribution in [0.2, 0.25) is 0 Å². The third-order valence-electron chi connectivity index (χ3n) is 4.04. The number of likely N-dealkylation sites (tertiary alicyclic amines) is 1. The van der Waals surface area contributed by atoms with Crippen molar-refractivity contribution in [1.29, 1.82) is 0 Å². The third-order valence-corrected chi connectivity index (χ3v) is 4.04. The largest absolute Gasteiger partial charge is 0.400 e. The summed E-state index contributed by atoms with van der Waals surface area (Å²) in [6.07, 6.45) is 5.22. The molecule has 1 unspecified atom stereocenters. The van der Waals surface area contributed by atoms with Gasteiger partial charge < -0.3 is 20.8 Å². The van der Waals surface area contributed by atoms with Gasteiger partial charge in [-0.3, -0.25) is 4.90 Å². The van der Waals surface area contributed by atoms with E-state index in [0.717, 1.165) is 44.8 Å². The minimum absolute atomic E-state index is 0.397. The highest BCUT2D eigenvalue weighted by atomic mass is 16.5. The van der Waals surface area contributed by atoms with Crippen molar-refractivity contribution in [3.05, 3.63) is 11.9 Å². The minimum atomic E-state index is 0.397. The lowest BCUT2D eigenvalue weighted by Gasteiger charge is -2.38. The molecule has 0 aliphatic carbocycles. The van der Waals surface area contributed by atoms with Gasteiger partial charge in [-0.2, -0.15) is 0 Å². The molecule has 0 aromatic heterocycles. The van der Waals surface area contributed by atoms with Gasteiger partial charge in [-0.15, -0.1) is 0 Å². The van der Waals surface area contributed by atoms with Gasteiger partial charge in [-0.1, -0.05) is 0 Å². The van der Waals surface area contributed by atoms with E-state index in [2.05, 4.69) is 10.2 Å². The lowest BCUT2D eigenvalue weighted by molar-refractivity contribution is 0.0930. The number of likely N-dealkylation sites (N-methyl/N-ethyl adjacent to an activating group) is 1. The molecule has 0 spiro atoms. The molecular weight excluding hydrogens is 242 g/mol. The van der Waals surface area contributed by atoms with E-state index in [1.54, 1.807) is 5.01 Å². The maximum Gasteiger partial charge on any atom is 0.0622 e. The quantitative estimate of drug-likeness (QED) is 0.458. The minimum Gasteiger partial charge on any atom is -0.400 e. The monoisotopic (exact) mass is 269 g/mol. The van der Waals surface area contributed by atoms with Gasteiger partial charge in [0.2, 0.25) is 0 Å². The molecule has 2 saturated heterocycles. The topological polar surface area (TPSA) is 79.8 Å². The van der Waals surface area contributed by atoms with Gasteiger partial charge in [0.25, 0.3) is 0 Å². The second-order valence-electron chi connectivity index (χ2n) is 5.47. The zero-order valence-corrected chi connectivity index (χ0v) is 11.8. The summed E-state index contributed by atoms with van der Waals surface area (Å²) in [5.41, 5.74) is 6.64. The molecule has 0 bridgehead atoms. The fourth-order valence-electron chi connectivity index (χ4n) is 2.91. The number of hydrogen-bond acceptors (Lipinski definition) is 6. The number of nitrogens with zero attached hydrogens (tertiary/aromatic N) is 2. The SMILES string of the molecule is CNC/C(N)=C/N(N)C1CCN(C2CCOC2)CC1. The number of nitrogens with one attached hydrogen (secondary N) is 1. The number of nitrogens with two attached hydrogens (primary N) is 2. The number of ether oxygens (including phenoxy) is 1. The van der Waals surface area contributed by atoms with E-state index in [9.17, 15) is 0 Å². The van der Waals surface area contributed by atoms with Gasteiger partial charge >= 0.3 is 0 Å². The highest BCUT2D eigenvalue weighted by Crippen LogP contribution is 2.20. The second-order valence-corrected chi connectivity index (χ2v) is 5.47. The molecule has 6 heteroatoms. The summed E-state index contributed by atoms with van der Waals surface area (Å²) in [5.74, 6) is 6.08. The van der Waals surface area contributed by atoms with E-state index in [-0.39, 0.29) is 0 Å². The van der Waals surface area contributed by atoms with Crippen LogP contribution in [0.25, 0.3) is 0 Å². The molecule has 0 amide bonds. The Labute approximate surface area is 115 Å². The van der Waals surface area contributed by atoms with E-state index in [1.165, 1.54) is 6.42 Å². The van der Waals surface area contributed by atoms with E-state index >= 15 is 0 Å². The Morgan fingerprint density at radius 3 is 2.74 bits per heavy atom. The van der Waals surface area contributed by atoms with Gasteiger partial charge in [0.15, 0.2) is 0 Å². The molecule has 1 atom stereocenters. The summed E-state index contributed by atoms with van der Waals surface area (Å²) < 4.78 is 5.45. The van der Waals surface area contributed by atoms with Gasteiger partial charge in [-0.05, 0) is 26.3 Å². The first kappa shape index (κ1) is 14.6. The highest BCUT2D eigenvalue weighted by Gasteiger charge is 2.28. The first-order valence-corrected chi connectivity index (χ1v) is 7.16. The van der Waals surface area contributed by atoms with Crippen molar-refractivity contribution in [3.8, 4) is 0 Å². The van der Waals surface area contributed by atoms with Crippen LogP contribution in [0.15, 0.2) is 11.9 Å². The molecule has 19 heavy (non-hydrogen) atoms. The predicted octanol–water partition coefficient (Wildman–Crippen LogP) is -0.565. The van der Waals surface area contributed by atoms with Crippen LogP contribution in [0, 0.1) is 0 Å². The first-order chi connectivity index (χ1) is 9.20. The predicted molar refractivity (Wildman–Crippen MR) is 76.0 cm³/mol. The van der Waals surface area contributed by atoms with Crippen LogP contribution in [-0.4, -0.2) is 61.9 Å². The standard InChI is InChI=1S/C13H27N5O/c1-16-8-11(14)9-18(15)12-2-5-17(6-3-12)13-4-7-19-10-13/h9,12-13,16H,2-8,10,14-15H2,1H3/b11-9-. The average Bonchev–Trinajstić information content (AvgIpc) is 2.93. The number of hydrogen-bond donors (Lipinski definition) is 3. The molecule has 2 aliphatic heterocycles. The van der Waals surface area contributed by atoms with E-state index in [1.807, 2.05) is 13.2 Å². The number of rotatable bonds is 5. The highest BCUT2D eigenvalue weighted by molar-refractivity contribution is 4.99. The molecule has 2 fully saturated rings. The van der Waals surface area contributed by atoms with Crippen LogP contribution < -0.4 is 16.9 Å². The lowest BCUT2D eigenvalue weighted by atomic mass is 10.0. The molecule has 2 heterocycles. The van der Waals surface area contributed by atoms with Crippen LogP contribution in [0.3, 0.4) is 0 Å². The van der Waals surface area contributed by atoms with Crippen molar-refractivity contribution in [2.45, 2.75) is 31.3 Å². The van der Waals surface area contributed by atoms with Gasteiger partial charge in [0, 0.05) is 50.2 Å². The van der Waals surface area contributed by atoms with Gasteiger partial charge in [0.1, 0.15) is 0 Å². The summed E-state index contributed by atoms with van der Waals surface area (Å²) in [7, 11) is 1.88. The van der Waals surface area contributed by atoms with Crippen molar-refractivity contribution in [3.63, 3.8) is 0 Å². The first-order valence-electron chi connectivity index (χ1n) is 7.16. The van der Waals surface area contributed by atoms with E-state index < -0.39 is 0 Å². The Kier molecular flexibility index (Phi) is 5.45. The molecule has 0 aromatic carbocycles. The van der Waals surface area contributed by atoms with Crippen LogP contribution in [0.5, 0.6) is 0 Å². The smallest absolute Gasteiger partial charge is 0.0622 e. The Balaban J connectivity index is 1.77. The summed E-state index contributed by atoms with van der Waals surface area (Å²) in [6.45, 7) is 4.69. The van der Waals surface area contributed by atoms with E-state index in [0.29, 0.717) is 18.6 Å². The van der Waals surface area contributed by atoms with E-state index in [4.69, 9.17) is 16.3 Å². The summed E-state index contributed by atoms with van der Waals surface area (Å²) in [5, 5.41) is 4.81. The zero-order chi connectivity index (χ0) is 13.7. The van der Waals surface area contributed by atoms with Crippen molar-refractivity contribution in [2.24, 2.45) is 11.6 Å². The molecule has 0 radical (unpaired) electrons. The fraction of sp³-hybridized carbons (Fsp3) is 0.846. The molecule has 2 rings (SSSR count). The summed E-state index contributed by atoms with van der Waals surface area (Å²) in [4.78, 5) is 2.54. The second kappa shape index (κ2) is 7.09. The summed E-state index contributed by atoms with van der Waals surface area (Å²) >= 11 is 0. The Morgan fingerprint density at radius 1 is 1.42 bits per heavy atom. The Hall–Kier alpha value is -0.820.